The lowest BCUT2D eigenvalue weighted by Crippen LogP contribution is -2.43. The van der Waals surface area contributed by atoms with Crippen molar-refractivity contribution in [2.45, 2.75) is 57.4 Å². The van der Waals surface area contributed by atoms with Gasteiger partial charge in [0.15, 0.2) is 0 Å². The fourth-order valence-corrected chi connectivity index (χ4v) is 8.34. The number of hydrogen-bond donors (Lipinski definition) is 2. The van der Waals surface area contributed by atoms with Crippen LogP contribution in [0.2, 0.25) is 0 Å². The zero-order chi connectivity index (χ0) is 26.8. The van der Waals surface area contributed by atoms with Gasteiger partial charge >= 0.3 is 0 Å². The number of amides is 1. The minimum Gasteiger partial charge on any atom is -0.497 e. The van der Waals surface area contributed by atoms with E-state index < -0.39 is 0 Å². The number of ether oxygens (including phenoxy) is 1. The summed E-state index contributed by atoms with van der Waals surface area (Å²) in [6.45, 7) is 5.71. The molecule has 2 N–H and O–H groups in total. The van der Waals surface area contributed by atoms with Crippen LogP contribution < -0.4 is 10.1 Å². The Balaban J connectivity index is 0.00000194. The molecule has 1 aromatic heterocycles. The van der Waals surface area contributed by atoms with Gasteiger partial charge in [-0.05, 0) is 86.7 Å². The molecule has 3 unspecified atom stereocenters. The topological polar surface area (TPSA) is 60.6 Å². The lowest BCUT2D eigenvalue weighted by Gasteiger charge is -2.30. The third kappa shape index (κ3) is 7.34. The van der Waals surface area contributed by atoms with Crippen molar-refractivity contribution >= 4 is 65.1 Å². The van der Waals surface area contributed by atoms with E-state index in [2.05, 4.69) is 39.5 Å². The van der Waals surface area contributed by atoms with Gasteiger partial charge in [0.25, 0.3) is 5.91 Å². The quantitative estimate of drug-likeness (QED) is 0.175. The summed E-state index contributed by atoms with van der Waals surface area (Å²) in [5, 5.41) is 3.43. The second-order valence-corrected chi connectivity index (χ2v) is 13.2. The summed E-state index contributed by atoms with van der Waals surface area (Å²) >= 11 is 7.23. The second kappa shape index (κ2) is 14.8. The number of unbranched alkanes of at least 4 members (excludes halogenated alkanes) is 2. The van der Waals surface area contributed by atoms with E-state index in [4.69, 9.17) is 17.0 Å². The molecule has 6 rings (SSSR count). The number of carbonyl (C=O) groups is 1. The molecule has 2 bridgehead atoms. The number of piperazine rings is 1. The van der Waals surface area contributed by atoms with E-state index >= 15 is 0 Å². The molecule has 1 amide bonds. The van der Waals surface area contributed by atoms with E-state index in [0.29, 0.717) is 12.0 Å². The predicted octanol–water partition coefficient (Wildman–Crippen LogP) is 6.54. The average molecular weight is 638 g/mol. The van der Waals surface area contributed by atoms with Crippen LogP contribution in [-0.2, 0) is 11.2 Å². The number of thioether (sulfide) groups is 1. The average Bonchev–Trinajstić information content (AvgIpc) is 3.74. The highest BCUT2D eigenvalue weighted by Gasteiger charge is 2.48. The standard InChI is InChI=1S/C31H40N4O2S2.2ClH/c1-37-25-8-5-7-22(18-25)26-19-23(6-3-2-4-13-34-14-11-32-12-15-34)27(33-26)20-29-30(36)35(31(38)39-29)28-17-21-9-10-24(28)16-21;;/h5,7-8,18-21,24,28,32-33H,2-4,6,9-17H2,1H3;2*1H. The molecule has 4 aliphatic rings. The van der Waals surface area contributed by atoms with Crippen LogP contribution in [0.5, 0.6) is 5.75 Å². The number of fused-ring (bicyclic) bond motifs is 2. The van der Waals surface area contributed by atoms with Crippen molar-refractivity contribution in [3.05, 3.63) is 46.5 Å². The maximum absolute atomic E-state index is 13.6. The van der Waals surface area contributed by atoms with Crippen molar-refractivity contribution in [3.8, 4) is 17.0 Å². The number of halogens is 2. The molecule has 2 saturated heterocycles. The fraction of sp³-hybridized carbons (Fsp3) is 0.548. The Morgan fingerprint density at radius 3 is 2.66 bits per heavy atom. The number of carbonyl (C=O) groups excluding carboxylic acids is 1. The summed E-state index contributed by atoms with van der Waals surface area (Å²) in [5.41, 5.74) is 4.44. The molecule has 3 atom stereocenters. The normalized spacial score (nSPS) is 25.0. The van der Waals surface area contributed by atoms with Gasteiger partial charge < -0.3 is 19.9 Å². The van der Waals surface area contributed by atoms with Gasteiger partial charge in [0.2, 0.25) is 0 Å². The van der Waals surface area contributed by atoms with Crippen LogP contribution in [0.1, 0.15) is 56.2 Å². The second-order valence-electron chi connectivity index (χ2n) is 11.6. The third-order valence-electron chi connectivity index (χ3n) is 9.08. The van der Waals surface area contributed by atoms with E-state index in [1.54, 1.807) is 7.11 Å². The number of benzene rings is 1. The van der Waals surface area contributed by atoms with Crippen LogP contribution in [0.15, 0.2) is 35.2 Å². The largest absolute Gasteiger partial charge is 0.497 e. The Hall–Kier alpha value is -1.55. The first-order chi connectivity index (χ1) is 19.1. The molecule has 2 saturated carbocycles. The van der Waals surface area contributed by atoms with Crippen molar-refractivity contribution in [3.63, 3.8) is 0 Å². The predicted molar refractivity (Wildman–Crippen MR) is 178 cm³/mol. The van der Waals surface area contributed by atoms with Gasteiger partial charge in [-0.2, -0.15) is 0 Å². The van der Waals surface area contributed by atoms with Gasteiger partial charge in [0, 0.05) is 49.2 Å². The van der Waals surface area contributed by atoms with Gasteiger partial charge in [0.1, 0.15) is 10.1 Å². The Labute approximate surface area is 266 Å². The Bertz CT molecular complexity index is 1250. The van der Waals surface area contributed by atoms with Gasteiger partial charge in [-0.15, -0.1) is 24.8 Å². The molecule has 224 valence electrons. The van der Waals surface area contributed by atoms with Crippen LogP contribution in [0, 0.1) is 11.8 Å². The Morgan fingerprint density at radius 2 is 1.93 bits per heavy atom. The molecular weight excluding hydrogens is 595 g/mol. The number of methoxy groups -OCH3 is 1. The van der Waals surface area contributed by atoms with Crippen molar-refractivity contribution in [2.24, 2.45) is 11.8 Å². The van der Waals surface area contributed by atoms with Crippen LogP contribution in [0.25, 0.3) is 17.3 Å². The third-order valence-corrected chi connectivity index (χ3v) is 10.4. The summed E-state index contributed by atoms with van der Waals surface area (Å²) in [5.74, 6) is 2.34. The monoisotopic (exact) mass is 636 g/mol. The first kappa shape index (κ1) is 32.4. The molecule has 4 fully saturated rings. The molecule has 0 radical (unpaired) electrons. The zero-order valence-corrected chi connectivity index (χ0v) is 27.0. The minimum atomic E-state index is 0. The highest BCUT2D eigenvalue weighted by molar-refractivity contribution is 8.26. The SMILES string of the molecule is COc1cccc(-c2cc(CCCCCN3CCNCC3)c(C=C3SC(=S)N(C4CC5CCC4C5)C3=O)[nH]2)c1.Cl.Cl. The summed E-state index contributed by atoms with van der Waals surface area (Å²) in [6.07, 6.45) is 11.6. The van der Waals surface area contributed by atoms with E-state index in [1.807, 2.05) is 17.0 Å². The van der Waals surface area contributed by atoms with Gasteiger partial charge in [-0.25, -0.2) is 0 Å². The number of aromatic nitrogens is 1. The number of aromatic amines is 1. The number of nitrogens with one attached hydrogen (secondary N) is 2. The molecule has 41 heavy (non-hydrogen) atoms. The smallest absolute Gasteiger partial charge is 0.266 e. The molecule has 2 aliphatic carbocycles. The highest BCUT2D eigenvalue weighted by Crippen LogP contribution is 2.49. The maximum Gasteiger partial charge on any atom is 0.266 e. The molecule has 2 aromatic rings. The summed E-state index contributed by atoms with van der Waals surface area (Å²) in [6, 6.07) is 10.7. The lowest BCUT2D eigenvalue weighted by molar-refractivity contribution is -0.124. The van der Waals surface area contributed by atoms with Crippen molar-refractivity contribution < 1.29 is 9.53 Å². The summed E-state index contributed by atoms with van der Waals surface area (Å²) < 4.78 is 6.20. The molecule has 0 spiro atoms. The first-order valence-corrected chi connectivity index (χ1v) is 15.9. The number of H-pyrrole nitrogens is 1. The number of aryl methyl sites for hydroxylation is 1. The van der Waals surface area contributed by atoms with Crippen molar-refractivity contribution in [1.29, 1.82) is 0 Å². The maximum atomic E-state index is 13.6. The van der Waals surface area contributed by atoms with Crippen LogP contribution in [0.3, 0.4) is 0 Å². The van der Waals surface area contributed by atoms with E-state index in [-0.39, 0.29) is 30.7 Å². The summed E-state index contributed by atoms with van der Waals surface area (Å²) in [7, 11) is 1.70. The van der Waals surface area contributed by atoms with Crippen molar-refractivity contribution in [1.82, 2.24) is 20.1 Å². The fourth-order valence-electron chi connectivity index (χ4n) is 6.98. The Morgan fingerprint density at radius 1 is 1.10 bits per heavy atom. The Kier molecular flexibility index (Phi) is 11.6. The van der Waals surface area contributed by atoms with Crippen LogP contribution >= 0.6 is 48.8 Å². The van der Waals surface area contributed by atoms with Gasteiger partial charge in [0.05, 0.1) is 12.0 Å². The number of thiocarbonyl (C=S) groups is 1. The van der Waals surface area contributed by atoms with E-state index in [1.165, 1.54) is 56.0 Å². The number of nitrogens with zero attached hydrogens (tertiary/aromatic N) is 2. The molecule has 2 aliphatic heterocycles. The first-order valence-electron chi connectivity index (χ1n) is 14.7. The number of rotatable bonds is 10. The van der Waals surface area contributed by atoms with E-state index in [9.17, 15) is 4.79 Å². The molecular formula is C31H42Cl2N4O2S2. The van der Waals surface area contributed by atoms with Gasteiger partial charge in [-0.3, -0.25) is 9.69 Å². The molecule has 10 heteroatoms. The lowest BCUT2D eigenvalue weighted by atomic mass is 9.94. The highest BCUT2D eigenvalue weighted by atomic mass is 35.5. The van der Waals surface area contributed by atoms with Crippen molar-refractivity contribution in [2.75, 3.05) is 39.8 Å². The van der Waals surface area contributed by atoms with E-state index in [0.717, 1.165) is 83.3 Å². The zero-order valence-electron chi connectivity index (χ0n) is 23.7. The van der Waals surface area contributed by atoms with Crippen LogP contribution in [-0.4, -0.2) is 70.9 Å². The minimum absolute atomic E-state index is 0. The molecule has 3 heterocycles. The number of hydrogen-bond acceptors (Lipinski definition) is 6. The molecule has 6 nitrogen and oxygen atoms in total. The summed E-state index contributed by atoms with van der Waals surface area (Å²) in [4.78, 5) is 22.5. The van der Waals surface area contributed by atoms with Gasteiger partial charge in [-0.1, -0.05) is 49.0 Å². The van der Waals surface area contributed by atoms with Crippen LogP contribution in [0.4, 0.5) is 0 Å². The molecule has 1 aromatic carbocycles.